The van der Waals surface area contributed by atoms with Crippen LogP contribution in [0.4, 0.5) is 5.69 Å². The van der Waals surface area contributed by atoms with Crippen molar-refractivity contribution in [1.82, 2.24) is 14.7 Å². The van der Waals surface area contributed by atoms with Crippen LogP contribution in [0.5, 0.6) is 0 Å². The first kappa shape index (κ1) is 19.8. The Morgan fingerprint density at radius 1 is 0.963 bits per heavy atom. The first-order chi connectivity index (χ1) is 13.0. The molecule has 148 valence electrons. The van der Waals surface area contributed by atoms with Crippen molar-refractivity contribution in [1.29, 1.82) is 0 Å². The zero-order valence-corrected chi connectivity index (χ0v) is 16.6. The van der Waals surface area contributed by atoms with Crippen LogP contribution < -0.4 is 5.32 Å². The molecule has 0 radical (unpaired) electrons. The van der Waals surface area contributed by atoms with E-state index in [9.17, 15) is 9.59 Å². The molecular formula is C21H32N4O2. The topological polar surface area (TPSA) is 55.9 Å². The number of carbonyl (C=O) groups excluding carboxylic acids is 2. The van der Waals surface area contributed by atoms with E-state index < -0.39 is 0 Å². The molecule has 3 rings (SSSR count). The first-order valence-electron chi connectivity index (χ1n) is 10.1. The highest BCUT2D eigenvalue weighted by Crippen LogP contribution is 2.18. The highest BCUT2D eigenvalue weighted by Gasteiger charge is 2.24. The summed E-state index contributed by atoms with van der Waals surface area (Å²) in [4.78, 5) is 31.0. The van der Waals surface area contributed by atoms with Crippen LogP contribution in [0.2, 0.25) is 0 Å². The van der Waals surface area contributed by atoms with Crippen molar-refractivity contribution in [2.45, 2.75) is 32.6 Å². The van der Waals surface area contributed by atoms with Gasteiger partial charge in [0, 0.05) is 45.0 Å². The van der Waals surface area contributed by atoms with Crippen LogP contribution >= 0.6 is 0 Å². The van der Waals surface area contributed by atoms with Crippen molar-refractivity contribution in [2.75, 3.05) is 57.7 Å². The predicted molar refractivity (Wildman–Crippen MR) is 108 cm³/mol. The number of nitrogens with zero attached hydrogens (tertiary/aromatic N) is 3. The third kappa shape index (κ3) is 5.78. The Bertz CT molecular complexity index is 647. The number of hydrogen-bond acceptors (Lipinski definition) is 4. The molecule has 6 nitrogen and oxygen atoms in total. The van der Waals surface area contributed by atoms with Crippen molar-refractivity contribution >= 4 is 17.5 Å². The van der Waals surface area contributed by atoms with E-state index in [1.807, 2.05) is 23.1 Å². The van der Waals surface area contributed by atoms with E-state index in [0.717, 1.165) is 57.8 Å². The number of anilines is 1. The lowest BCUT2D eigenvalue weighted by atomic mass is 10.0. The standard InChI is InChI=1S/C21H32N4O2/c1-17(2)18-6-5-7-19(14-18)22-20(26)15-23-10-12-24(13-11-23)16-21(27)25-8-3-4-9-25/h5-7,14,17H,3-4,8-13,15-16H2,1-2H3,(H,22,26). The fourth-order valence-electron chi connectivity index (χ4n) is 3.74. The van der Waals surface area contributed by atoms with Gasteiger partial charge in [0.25, 0.3) is 0 Å². The molecule has 0 aromatic heterocycles. The zero-order valence-electron chi connectivity index (χ0n) is 16.6. The summed E-state index contributed by atoms with van der Waals surface area (Å²) in [5, 5.41) is 3.01. The number of benzene rings is 1. The maximum absolute atomic E-state index is 12.4. The molecule has 1 aromatic carbocycles. The molecule has 2 aliphatic heterocycles. The number of likely N-dealkylation sites (tertiary alicyclic amines) is 1. The number of carbonyl (C=O) groups is 2. The molecule has 0 saturated carbocycles. The zero-order chi connectivity index (χ0) is 19.2. The van der Waals surface area contributed by atoms with Gasteiger partial charge in [-0.3, -0.25) is 19.4 Å². The van der Waals surface area contributed by atoms with Crippen LogP contribution in [0.1, 0.15) is 38.2 Å². The van der Waals surface area contributed by atoms with Gasteiger partial charge in [-0.1, -0.05) is 26.0 Å². The number of hydrogen-bond donors (Lipinski definition) is 1. The van der Waals surface area contributed by atoms with Gasteiger partial charge < -0.3 is 10.2 Å². The number of amides is 2. The quantitative estimate of drug-likeness (QED) is 0.830. The summed E-state index contributed by atoms with van der Waals surface area (Å²) < 4.78 is 0. The molecule has 0 spiro atoms. The maximum atomic E-state index is 12.4. The molecule has 27 heavy (non-hydrogen) atoms. The molecule has 2 heterocycles. The fourth-order valence-corrected chi connectivity index (χ4v) is 3.74. The second kappa shape index (κ2) is 9.33. The molecule has 0 bridgehead atoms. The summed E-state index contributed by atoms with van der Waals surface area (Å²) in [6.45, 7) is 10.4. The molecule has 0 unspecified atom stereocenters. The van der Waals surface area contributed by atoms with E-state index >= 15 is 0 Å². The largest absolute Gasteiger partial charge is 0.342 e. The normalized spacial score (nSPS) is 18.9. The van der Waals surface area contributed by atoms with Gasteiger partial charge in [-0.25, -0.2) is 0 Å². The molecule has 0 atom stereocenters. The van der Waals surface area contributed by atoms with Gasteiger partial charge in [0.2, 0.25) is 11.8 Å². The van der Waals surface area contributed by atoms with Gasteiger partial charge in [0.05, 0.1) is 13.1 Å². The average Bonchev–Trinajstić information content (AvgIpc) is 3.18. The van der Waals surface area contributed by atoms with Crippen LogP contribution in [0.3, 0.4) is 0 Å². The maximum Gasteiger partial charge on any atom is 0.238 e. The highest BCUT2D eigenvalue weighted by molar-refractivity contribution is 5.92. The summed E-state index contributed by atoms with van der Waals surface area (Å²) in [7, 11) is 0. The van der Waals surface area contributed by atoms with E-state index in [-0.39, 0.29) is 11.8 Å². The van der Waals surface area contributed by atoms with E-state index in [2.05, 4.69) is 35.0 Å². The van der Waals surface area contributed by atoms with E-state index in [4.69, 9.17) is 0 Å². The molecule has 1 aromatic rings. The number of rotatable bonds is 6. The average molecular weight is 373 g/mol. The molecule has 1 N–H and O–H groups in total. The lowest BCUT2D eigenvalue weighted by molar-refractivity contribution is -0.132. The monoisotopic (exact) mass is 372 g/mol. The fraction of sp³-hybridized carbons (Fsp3) is 0.619. The second-order valence-electron chi connectivity index (χ2n) is 7.97. The van der Waals surface area contributed by atoms with Crippen LogP contribution in [0, 0.1) is 0 Å². The van der Waals surface area contributed by atoms with Crippen molar-refractivity contribution in [3.05, 3.63) is 29.8 Å². The van der Waals surface area contributed by atoms with Crippen LogP contribution in [-0.4, -0.2) is 78.9 Å². The Kier molecular flexibility index (Phi) is 6.85. The summed E-state index contributed by atoms with van der Waals surface area (Å²) in [6.07, 6.45) is 2.27. The molecule has 2 fully saturated rings. The van der Waals surface area contributed by atoms with Crippen LogP contribution in [0.25, 0.3) is 0 Å². The minimum Gasteiger partial charge on any atom is -0.342 e. The summed E-state index contributed by atoms with van der Waals surface area (Å²) in [5.74, 6) is 0.722. The molecule has 2 aliphatic rings. The van der Waals surface area contributed by atoms with Crippen molar-refractivity contribution in [3.63, 3.8) is 0 Å². The van der Waals surface area contributed by atoms with Gasteiger partial charge in [-0.05, 0) is 36.5 Å². The van der Waals surface area contributed by atoms with E-state index in [1.165, 1.54) is 5.56 Å². The van der Waals surface area contributed by atoms with Crippen molar-refractivity contribution in [3.8, 4) is 0 Å². The first-order valence-corrected chi connectivity index (χ1v) is 10.1. The summed E-state index contributed by atoms with van der Waals surface area (Å²) in [5.41, 5.74) is 2.09. The third-order valence-electron chi connectivity index (χ3n) is 5.49. The van der Waals surface area contributed by atoms with Gasteiger partial charge in [-0.2, -0.15) is 0 Å². The van der Waals surface area contributed by atoms with Gasteiger partial charge in [0.1, 0.15) is 0 Å². The Morgan fingerprint density at radius 3 is 2.22 bits per heavy atom. The summed E-state index contributed by atoms with van der Waals surface area (Å²) >= 11 is 0. The Labute approximate surface area is 162 Å². The molecule has 2 amide bonds. The summed E-state index contributed by atoms with van der Waals surface area (Å²) in [6, 6.07) is 8.06. The molecule has 2 saturated heterocycles. The minimum atomic E-state index is 0.0255. The van der Waals surface area contributed by atoms with Gasteiger partial charge in [0.15, 0.2) is 0 Å². The molecule has 6 heteroatoms. The van der Waals surface area contributed by atoms with Crippen LogP contribution in [-0.2, 0) is 9.59 Å². The van der Waals surface area contributed by atoms with Crippen molar-refractivity contribution in [2.24, 2.45) is 0 Å². The Balaban J connectivity index is 1.40. The lowest BCUT2D eigenvalue weighted by Crippen LogP contribution is -2.51. The smallest absolute Gasteiger partial charge is 0.238 e. The van der Waals surface area contributed by atoms with Gasteiger partial charge >= 0.3 is 0 Å². The third-order valence-corrected chi connectivity index (χ3v) is 5.49. The SMILES string of the molecule is CC(C)c1cccc(NC(=O)CN2CCN(CC(=O)N3CCCC3)CC2)c1. The molecular weight excluding hydrogens is 340 g/mol. The number of piperazine rings is 1. The Hall–Kier alpha value is -1.92. The lowest BCUT2D eigenvalue weighted by Gasteiger charge is -2.34. The minimum absolute atomic E-state index is 0.0255. The van der Waals surface area contributed by atoms with Crippen molar-refractivity contribution < 1.29 is 9.59 Å². The second-order valence-corrected chi connectivity index (χ2v) is 7.97. The molecule has 0 aliphatic carbocycles. The van der Waals surface area contributed by atoms with Gasteiger partial charge in [-0.15, -0.1) is 0 Å². The number of nitrogens with one attached hydrogen (secondary N) is 1. The Morgan fingerprint density at radius 2 is 1.59 bits per heavy atom. The highest BCUT2D eigenvalue weighted by atomic mass is 16.2. The predicted octanol–water partition coefficient (Wildman–Crippen LogP) is 1.99. The van der Waals surface area contributed by atoms with E-state index in [0.29, 0.717) is 19.0 Å². The van der Waals surface area contributed by atoms with Crippen LogP contribution in [0.15, 0.2) is 24.3 Å². The van der Waals surface area contributed by atoms with E-state index in [1.54, 1.807) is 0 Å².